The van der Waals surface area contributed by atoms with Crippen molar-refractivity contribution in [3.05, 3.63) is 66.1 Å². The van der Waals surface area contributed by atoms with E-state index in [9.17, 15) is 9.18 Å². The van der Waals surface area contributed by atoms with E-state index >= 15 is 0 Å². The van der Waals surface area contributed by atoms with Crippen LogP contribution in [0.4, 0.5) is 10.1 Å². The topological polar surface area (TPSA) is 51.2 Å². The lowest BCUT2D eigenvalue weighted by Gasteiger charge is -2.28. The molecule has 0 bridgehead atoms. The van der Waals surface area contributed by atoms with Crippen LogP contribution in [0, 0.1) is 11.7 Å². The zero-order valence-electron chi connectivity index (χ0n) is 17.5. The SMILES string of the molecule is CC(C)COc1ccc(NC(=O)C2(c3ccc(F)cc3)CCCC2)c2cccnc12. The first-order chi connectivity index (χ1) is 14.5. The smallest absolute Gasteiger partial charge is 0.235 e. The quantitative estimate of drug-likeness (QED) is 0.558. The summed E-state index contributed by atoms with van der Waals surface area (Å²) in [4.78, 5) is 18.0. The van der Waals surface area contributed by atoms with E-state index in [1.54, 1.807) is 18.3 Å². The van der Waals surface area contributed by atoms with E-state index in [1.807, 2.05) is 24.3 Å². The standard InChI is InChI=1S/C25H27FN2O2/c1-17(2)16-30-22-12-11-21(20-6-5-15-27-23(20)22)28-24(29)25(13-3-4-14-25)18-7-9-19(26)10-8-18/h5-12,15,17H,3-4,13-14,16H2,1-2H3,(H,28,29). The minimum Gasteiger partial charge on any atom is -0.491 e. The number of ether oxygens (including phenoxy) is 1. The first kappa shape index (κ1) is 20.3. The van der Waals surface area contributed by atoms with Crippen LogP contribution < -0.4 is 10.1 Å². The lowest BCUT2D eigenvalue weighted by molar-refractivity contribution is -0.121. The van der Waals surface area contributed by atoms with Crippen molar-refractivity contribution in [1.82, 2.24) is 4.98 Å². The average molecular weight is 407 g/mol. The number of aromatic nitrogens is 1. The molecule has 1 aliphatic carbocycles. The van der Waals surface area contributed by atoms with Crippen molar-refractivity contribution in [1.29, 1.82) is 0 Å². The monoisotopic (exact) mass is 406 g/mol. The van der Waals surface area contributed by atoms with Crippen LogP contribution >= 0.6 is 0 Å². The Bertz CT molecular complexity index is 1040. The third-order valence-corrected chi connectivity index (χ3v) is 5.84. The van der Waals surface area contributed by atoms with Gasteiger partial charge >= 0.3 is 0 Å². The molecule has 156 valence electrons. The highest BCUT2D eigenvalue weighted by atomic mass is 19.1. The molecule has 5 heteroatoms. The minimum atomic E-state index is -0.630. The van der Waals surface area contributed by atoms with Gasteiger partial charge in [0.15, 0.2) is 0 Å². The van der Waals surface area contributed by atoms with E-state index in [1.165, 1.54) is 12.1 Å². The lowest BCUT2D eigenvalue weighted by Crippen LogP contribution is -2.38. The number of pyridine rings is 1. The molecule has 0 saturated heterocycles. The molecule has 1 aliphatic rings. The van der Waals surface area contributed by atoms with Gasteiger partial charge in [-0.3, -0.25) is 9.78 Å². The summed E-state index contributed by atoms with van der Waals surface area (Å²) >= 11 is 0. The second-order valence-corrected chi connectivity index (χ2v) is 8.47. The van der Waals surface area contributed by atoms with E-state index < -0.39 is 5.41 Å². The van der Waals surface area contributed by atoms with Crippen LogP contribution in [0.25, 0.3) is 10.9 Å². The van der Waals surface area contributed by atoms with Gasteiger partial charge < -0.3 is 10.1 Å². The number of carbonyl (C=O) groups is 1. The molecule has 0 unspecified atom stereocenters. The molecule has 1 aromatic heterocycles. The number of benzene rings is 2. The molecule has 0 aliphatic heterocycles. The molecule has 4 nitrogen and oxygen atoms in total. The molecule has 1 saturated carbocycles. The molecule has 0 atom stereocenters. The summed E-state index contributed by atoms with van der Waals surface area (Å²) in [6, 6.07) is 13.9. The average Bonchev–Trinajstić information content (AvgIpc) is 3.25. The highest BCUT2D eigenvalue weighted by molar-refractivity contribution is 6.06. The van der Waals surface area contributed by atoms with Gasteiger partial charge in [0, 0.05) is 11.6 Å². The van der Waals surface area contributed by atoms with Gasteiger partial charge in [-0.25, -0.2) is 4.39 Å². The van der Waals surface area contributed by atoms with Gasteiger partial charge in [-0.1, -0.05) is 38.8 Å². The van der Waals surface area contributed by atoms with Crippen molar-refractivity contribution in [2.75, 3.05) is 11.9 Å². The highest BCUT2D eigenvalue weighted by Crippen LogP contribution is 2.42. The van der Waals surface area contributed by atoms with Crippen LogP contribution in [0.3, 0.4) is 0 Å². The largest absolute Gasteiger partial charge is 0.491 e. The number of halogens is 1. The predicted octanol–water partition coefficient (Wildman–Crippen LogP) is 5.86. The van der Waals surface area contributed by atoms with Gasteiger partial charge in [0.2, 0.25) is 5.91 Å². The number of hydrogen-bond acceptors (Lipinski definition) is 3. The van der Waals surface area contributed by atoms with E-state index in [2.05, 4.69) is 24.1 Å². The van der Waals surface area contributed by atoms with Gasteiger partial charge in [0.05, 0.1) is 17.7 Å². The lowest BCUT2D eigenvalue weighted by atomic mass is 9.78. The van der Waals surface area contributed by atoms with Crippen molar-refractivity contribution >= 4 is 22.5 Å². The number of amides is 1. The molecule has 0 spiro atoms. The second kappa shape index (κ2) is 8.42. The summed E-state index contributed by atoms with van der Waals surface area (Å²) in [5.74, 6) is 0.779. The van der Waals surface area contributed by atoms with E-state index in [0.29, 0.717) is 24.0 Å². The Kier molecular flexibility index (Phi) is 5.71. The maximum Gasteiger partial charge on any atom is 0.235 e. The Balaban J connectivity index is 1.67. The van der Waals surface area contributed by atoms with Crippen molar-refractivity contribution in [3.8, 4) is 5.75 Å². The van der Waals surface area contributed by atoms with Crippen molar-refractivity contribution < 1.29 is 13.9 Å². The minimum absolute atomic E-state index is 0.0485. The normalized spacial score (nSPS) is 15.5. The Labute approximate surface area is 176 Å². The third kappa shape index (κ3) is 3.89. The Morgan fingerprint density at radius 1 is 1.13 bits per heavy atom. The summed E-state index contributed by atoms with van der Waals surface area (Å²) in [5.41, 5.74) is 1.69. The van der Waals surface area contributed by atoms with Gasteiger partial charge in [-0.2, -0.15) is 0 Å². The summed E-state index contributed by atoms with van der Waals surface area (Å²) < 4.78 is 19.4. The molecular formula is C25H27FN2O2. The molecule has 1 amide bonds. The van der Waals surface area contributed by atoms with E-state index in [-0.39, 0.29) is 11.7 Å². The third-order valence-electron chi connectivity index (χ3n) is 5.84. The molecule has 30 heavy (non-hydrogen) atoms. The molecule has 1 heterocycles. The number of nitrogens with one attached hydrogen (secondary N) is 1. The number of anilines is 1. The predicted molar refractivity (Wildman–Crippen MR) is 117 cm³/mol. The van der Waals surface area contributed by atoms with E-state index in [0.717, 1.165) is 42.1 Å². The summed E-state index contributed by atoms with van der Waals surface area (Å²) in [5, 5.41) is 3.99. The molecule has 3 aromatic rings. The first-order valence-electron chi connectivity index (χ1n) is 10.6. The molecule has 0 radical (unpaired) electrons. The number of carbonyl (C=O) groups excluding carboxylic acids is 1. The van der Waals surface area contributed by atoms with Gasteiger partial charge in [-0.15, -0.1) is 0 Å². The Morgan fingerprint density at radius 2 is 1.87 bits per heavy atom. The number of hydrogen-bond donors (Lipinski definition) is 1. The van der Waals surface area contributed by atoms with Crippen molar-refractivity contribution in [2.45, 2.75) is 44.9 Å². The zero-order chi connectivity index (χ0) is 21.1. The van der Waals surface area contributed by atoms with Crippen LogP contribution in [-0.2, 0) is 10.2 Å². The fourth-order valence-electron chi connectivity index (χ4n) is 4.26. The molecule has 4 rings (SSSR count). The van der Waals surface area contributed by atoms with Crippen LogP contribution in [0.2, 0.25) is 0 Å². The van der Waals surface area contributed by atoms with Gasteiger partial charge in [-0.05, 0) is 60.7 Å². The first-order valence-corrected chi connectivity index (χ1v) is 10.6. The summed E-state index contributed by atoms with van der Waals surface area (Å²) in [7, 11) is 0. The van der Waals surface area contributed by atoms with Gasteiger partial charge in [0.1, 0.15) is 17.1 Å². The molecule has 2 aromatic carbocycles. The maximum atomic E-state index is 13.5. The Morgan fingerprint density at radius 3 is 2.57 bits per heavy atom. The van der Waals surface area contributed by atoms with Crippen molar-refractivity contribution in [2.24, 2.45) is 5.92 Å². The van der Waals surface area contributed by atoms with Crippen LogP contribution in [-0.4, -0.2) is 17.5 Å². The van der Waals surface area contributed by atoms with Crippen LogP contribution in [0.5, 0.6) is 5.75 Å². The molecule has 1 N–H and O–H groups in total. The second-order valence-electron chi connectivity index (χ2n) is 8.47. The highest BCUT2D eigenvalue weighted by Gasteiger charge is 2.42. The number of nitrogens with zero attached hydrogens (tertiary/aromatic N) is 1. The maximum absolute atomic E-state index is 13.5. The Hall–Kier alpha value is -2.95. The summed E-state index contributed by atoms with van der Waals surface area (Å²) in [6.45, 7) is 4.80. The fraction of sp³-hybridized carbons (Fsp3) is 0.360. The molecular weight excluding hydrogens is 379 g/mol. The molecule has 1 fully saturated rings. The van der Waals surface area contributed by atoms with E-state index in [4.69, 9.17) is 4.74 Å². The summed E-state index contributed by atoms with van der Waals surface area (Å²) in [6.07, 6.45) is 5.21. The number of rotatable bonds is 6. The van der Waals surface area contributed by atoms with Crippen LogP contribution in [0.1, 0.15) is 45.1 Å². The fourth-order valence-corrected chi connectivity index (χ4v) is 4.26. The van der Waals surface area contributed by atoms with Gasteiger partial charge in [0.25, 0.3) is 0 Å². The van der Waals surface area contributed by atoms with Crippen molar-refractivity contribution in [3.63, 3.8) is 0 Å². The van der Waals surface area contributed by atoms with Crippen LogP contribution in [0.15, 0.2) is 54.7 Å². The zero-order valence-corrected chi connectivity index (χ0v) is 17.5. The number of fused-ring (bicyclic) bond motifs is 1.